The predicted molar refractivity (Wildman–Crippen MR) is 162 cm³/mol. The molecule has 0 fully saturated rings. The lowest BCUT2D eigenvalue weighted by molar-refractivity contribution is -0.163. The SMILES string of the molecule is C=CC[Si](C)(C)O[C@@H]1C[C@@H](OCc2ccc(OC)cc2)[C@H](OC(C)=O)[C@H](CCC)/C(C(=O)OC)=C(/C(=O)OC)CC1=C. The highest BCUT2D eigenvalue weighted by molar-refractivity contribution is 6.71. The Morgan fingerprint density at radius 1 is 1.05 bits per heavy atom. The van der Waals surface area contributed by atoms with Gasteiger partial charge in [-0.05, 0) is 48.8 Å². The molecule has 9 nitrogen and oxygen atoms in total. The minimum Gasteiger partial charge on any atom is -0.497 e. The summed E-state index contributed by atoms with van der Waals surface area (Å²) in [6.07, 6.45) is 0.959. The smallest absolute Gasteiger partial charge is 0.334 e. The first-order valence-electron chi connectivity index (χ1n) is 14.2. The number of ether oxygens (including phenoxy) is 5. The number of methoxy groups -OCH3 is 3. The number of hydrogen-bond acceptors (Lipinski definition) is 9. The molecule has 1 aromatic carbocycles. The molecule has 42 heavy (non-hydrogen) atoms. The molecule has 0 aliphatic heterocycles. The Hall–Kier alpha value is -3.21. The van der Waals surface area contributed by atoms with Gasteiger partial charge in [-0.1, -0.05) is 38.1 Å². The second kappa shape index (κ2) is 16.4. The summed E-state index contributed by atoms with van der Waals surface area (Å²) in [7, 11) is 1.82. The normalized spacial score (nSPS) is 23.2. The number of benzene rings is 1. The van der Waals surface area contributed by atoms with Crippen LogP contribution in [-0.4, -0.2) is 65.9 Å². The van der Waals surface area contributed by atoms with E-state index in [0.717, 1.165) is 5.56 Å². The fourth-order valence-corrected chi connectivity index (χ4v) is 7.08. The van der Waals surface area contributed by atoms with E-state index in [1.807, 2.05) is 37.3 Å². The highest BCUT2D eigenvalue weighted by atomic mass is 28.4. The van der Waals surface area contributed by atoms with Gasteiger partial charge in [-0.25, -0.2) is 9.59 Å². The number of carbonyl (C=O) groups is 3. The van der Waals surface area contributed by atoms with Crippen LogP contribution in [0.5, 0.6) is 5.75 Å². The first-order chi connectivity index (χ1) is 19.9. The van der Waals surface area contributed by atoms with Crippen molar-refractivity contribution in [3.63, 3.8) is 0 Å². The lowest BCUT2D eigenvalue weighted by Gasteiger charge is -2.36. The van der Waals surface area contributed by atoms with E-state index in [2.05, 4.69) is 26.3 Å². The number of allylic oxidation sites excluding steroid dienone is 1. The van der Waals surface area contributed by atoms with E-state index >= 15 is 0 Å². The molecule has 0 unspecified atom stereocenters. The van der Waals surface area contributed by atoms with Gasteiger partial charge in [0.15, 0.2) is 8.32 Å². The average molecular weight is 603 g/mol. The zero-order valence-corrected chi connectivity index (χ0v) is 27.0. The van der Waals surface area contributed by atoms with Crippen LogP contribution >= 0.6 is 0 Å². The van der Waals surface area contributed by atoms with Crippen LogP contribution in [0, 0.1) is 5.92 Å². The van der Waals surface area contributed by atoms with E-state index in [4.69, 9.17) is 28.1 Å². The summed E-state index contributed by atoms with van der Waals surface area (Å²) in [6, 6.07) is 8.14. The molecule has 1 aromatic rings. The Balaban J connectivity index is 2.77. The molecule has 232 valence electrons. The third-order valence-corrected chi connectivity index (χ3v) is 9.42. The van der Waals surface area contributed by atoms with Crippen LogP contribution in [0.4, 0.5) is 0 Å². The second-order valence-electron chi connectivity index (χ2n) is 11.0. The molecule has 0 saturated heterocycles. The monoisotopic (exact) mass is 602 g/mol. The van der Waals surface area contributed by atoms with Gasteiger partial charge in [-0.3, -0.25) is 4.79 Å². The lowest BCUT2D eigenvalue weighted by Crippen LogP contribution is -2.44. The fourth-order valence-electron chi connectivity index (χ4n) is 5.25. The van der Waals surface area contributed by atoms with Gasteiger partial charge >= 0.3 is 17.9 Å². The molecule has 1 aliphatic rings. The molecule has 0 bridgehead atoms. The highest BCUT2D eigenvalue weighted by Gasteiger charge is 2.44. The molecule has 4 atom stereocenters. The first kappa shape index (κ1) is 35.0. The molecular formula is C32H46O9Si. The quantitative estimate of drug-likeness (QED) is 0.122. The average Bonchev–Trinajstić information content (AvgIpc) is 2.99. The molecule has 0 saturated carbocycles. The van der Waals surface area contributed by atoms with Gasteiger partial charge in [0.05, 0.1) is 51.3 Å². The number of carbonyl (C=O) groups excluding carboxylic acids is 3. The summed E-state index contributed by atoms with van der Waals surface area (Å²) in [5.41, 5.74) is 1.66. The van der Waals surface area contributed by atoms with Crippen molar-refractivity contribution >= 4 is 26.2 Å². The fraction of sp³-hybridized carbons (Fsp3) is 0.531. The van der Waals surface area contributed by atoms with Crippen LogP contribution in [0.1, 0.15) is 45.1 Å². The van der Waals surface area contributed by atoms with Crippen LogP contribution in [0.25, 0.3) is 0 Å². The van der Waals surface area contributed by atoms with E-state index in [-0.39, 0.29) is 30.6 Å². The van der Waals surface area contributed by atoms with Crippen molar-refractivity contribution in [2.45, 2.75) is 83.6 Å². The van der Waals surface area contributed by atoms with Crippen molar-refractivity contribution in [2.24, 2.45) is 5.92 Å². The van der Waals surface area contributed by atoms with E-state index in [1.54, 1.807) is 7.11 Å². The maximum absolute atomic E-state index is 13.4. The zero-order chi connectivity index (χ0) is 31.4. The van der Waals surface area contributed by atoms with Crippen LogP contribution < -0.4 is 4.74 Å². The van der Waals surface area contributed by atoms with Gasteiger partial charge in [0.2, 0.25) is 0 Å². The Morgan fingerprint density at radius 2 is 1.69 bits per heavy atom. The van der Waals surface area contributed by atoms with Crippen LogP contribution in [-0.2, 0) is 44.4 Å². The lowest BCUT2D eigenvalue weighted by atomic mass is 9.82. The number of hydrogen-bond donors (Lipinski definition) is 0. The Bertz CT molecular complexity index is 1140. The van der Waals surface area contributed by atoms with Crippen LogP contribution in [0.2, 0.25) is 19.1 Å². The molecule has 0 aromatic heterocycles. The molecule has 0 radical (unpaired) electrons. The third kappa shape index (κ3) is 9.67. The van der Waals surface area contributed by atoms with Gasteiger partial charge in [-0.2, -0.15) is 0 Å². The minimum atomic E-state index is -2.28. The molecule has 0 spiro atoms. The molecule has 0 N–H and O–H groups in total. The van der Waals surface area contributed by atoms with Crippen LogP contribution in [0.3, 0.4) is 0 Å². The van der Waals surface area contributed by atoms with Crippen molar-refractivity contribution in [3.05, 3.63) is 65.8 Å². The van der Waals surface area contributed by atoms with Gasteiger partial charge in [0.1, 0.15) is 11.9 Å². The van der Waals surface area contributed by atoms with Gasteiger partial charge in [0, 0.05) is 25.7 Å². The topological polar surface area (TPSA) is 107 Å². The van der Waals surface area contributed by atoms with Crippen molar-refractivity contribution < 1.29 is 42.5 Å². The molecule has 1 aliphatic carbocycles. The Kier molecular flexibility index (Phi) is 13.7. The summed E-state index contributed by atoms with van der Waals surface area (Å²) in [4.78, 5) is 39.2. The van der Waals surface area contributed by atoms with E-state index in [1.165, 1.54) is 21.1 Å². The van der Waals surface area contributed by atoms with Crippen LogP contribution in [0.15, 0.2) is 60.2 Å². The van der Waals surface area contributed by atoms with Crippen molar-refractivity contribution in [1.29, 1.82) is 0 Å². The molecule has 10 heteroatoms. The largest absolute Gasteiger partial charge is 0.497 e. The Labute approximate surface area is 251 Å². The number of esters is 3. The maximum atomic E-state index is 13.4. The van der Waals surface area contributed by atoms with Gasteiger partial charge in [-0.15, -0.1) is 6.58 Å². The second-order valence-corrected chi connectivity index (χ2v) is 15.1. The van der Waals surface area contributed by atoms with Crippen molar-refractivity contribution in [3.8, 4) is 5.75 Å². The number of rotatable bonds is 13. The van der Waals surface area contributed by atoms with Crippen molar-refractivity contribution in [2.75, 3.05) is 21.3 Å². The highest BCUT2D eigenvalue weighted by Crippen LogP contribution is 2.38. The van der Waals surface area contributed by atoms with Gasteiger partial charge < -0.3 is 28.1 Å². The molecular weight excluding hydrogens is 556 g/mol. The summed E-state index contributed by atoms with van der Waals surface area (Å²) in [5.74, 6) is -1.93. The Morgan fingerprint density at radius 3 is 2.21 bits per heavy atom. The van der Waals surface area contributed by atoms with E-state index in [0.29, 0.717) is 30.2 Å². The van der Waals surface area contributed by atoms with Gasteiger partial charge in [0.25, 0.3) is 0 Å². The summed E-state index contributed by atoms with van der Waals surface area (Å²) >= 11 is 0. The molecule has 0 amide bonds. The molecule has 0 heterocycles. The standard InChI is InChI=1S/C32H46O9Si/c1-10-12-25-29(32(35)38-7)26(31(34)37-6)18-21(3)27(41-42(8,9)17-11-2)19-28(30(25)40-22(4)33)39-20-23-13-15-24(36-5)16-14-23/h11,13-16,25,27-28,30H,2-3,10,12,17-20H2,1,4-9H3/b29-26-/t25-,27-,28-,30-/m1/s1. The zero-order valence-electron chi connectivity index (χ0n) is 26.0. The maximum Gasteiger partial charge on any atom is 0.334 e. The molecule has 2 rings (SSSR count). The third-order valence-electron chi connectivity index (χ3n) is 7.22. The summed E-state index contributed by atoms with van der Waals surface area (Å²) in [6.45, 7) is 15.8. The summed E-state index contributed by atoms with van der Waals surface area (Å²) in [5, 5.41) is 0. The van der Waals surface area contributed by atoms with E-state index in [9.17, 15) is 14.4 Å². The predicted octanol–water partition coefficient (Wildman–Crippen LogP) is 5.70. The summed E-state index contributed by atoms with van der Waals surface area (Å²) < 4.78 is 34.8. The van der Waals surface area contributed by atoms with Crippen molar-refractivity contribution in [1.82, 2.24) is 0 Å². The minimum absolute atomic E-state index is 0.0263. The first-order valence-corrected chi connectivity index (χ1v) is 17.3. The van der Waals surface area contributed by atoms with E-state index < -0.39 is 50.5 Å².